The normalized spacial score (nSPS) is 13.2. The number of rotatable bonds is 21. The van der Waals surface area contributed by atoms with Gasteiger partial charge in [-0.25, -0.2) is 0 Å². The standard InChI is InChI=1S/C35H56NO3/c1-6-9-10-11-12-13-14-15-17-22-30-25-20-26-33(27-30)38-34(21-7-2)39-35(37)32(8-3)29-36(4,5)28-31-23-18-16-19-24-31/h16,18-20,23-27,32,34H,6-15,17,21-22,28-29H2,1-5H3/q+1. The third-order valence-electron chi connectivity index (χ3n) is 7.50. The van der Waals surface area contributed by atoms with Crippen molar-refractivity contribution in [3.63, 3.8) is 0 Å². The number of unbranched alkanes of at least 4 members (excludes halogenated alkanes) is 8. The van der Waals surface area contributed by atoms with Gasteiger partial charge in [0.25, 0.3) is 0 Å². The van der Waals surface area contributed by atoms with Crippen LogP contribution >= 0.6 is 0 Å². The number of esters is 1. The molecule has 0 aliphatic rings. The molecule has 0 aliphatic carbocycles. The fraction of sp³-hybridized carbons (Fsp3) is 0.629. The van der Waals surface area contributed by atoms with E-state index in [4.69, 9.17) is 9.47 Å². The summed E-state index contributed by atoms with van der Waals surface area (Å²) in [5.41, 5.74) is 2.57. The highest BCUT2D eigenvalue weighted by Crippen LogP contribution is 2.22. The lowest BCUT2D eigenvalue weighted by atomic mass is 10.0. The van der Waals surface area contributed by atoms with Crippen molar-refractivity contribution in [2.75, 3.05) is 20.6 Å². The molecule has 0 N–H and O–H groups in total. The Hall–Kier alpha value is -2.33. The van der Waals surface area contributed by atoms with Crippen LogP contribution < -0.4 is 4.74 Å². The van der Waals surface area contributed by atoms with E-state index in [1.807, 2.05) is 12.1 Å². The van der Waals surface area contributed by atoms with Gasteiger partial charge in [-0.1, -0.05) is 115 Å². The number of carbonyl (C=O) groups is 1. The van der Waals surface area contributed by atoms with Gasteiger partial charge < -0.3 is 14.0 Å². The molecule has 4 nitrogen and oxygen atoms in total. The van der Waals surface area contributed by atoms with Crippen LogP contribution in [0.4, 0.5) is 0 Å². The number of hydrogen-bond acceptors (Lipinski definition) is 3. The Morgan fingerprint density at radius 2 is 1.41 bits per heavy atom. The molecule has 39 heavy (non-hydrogen) atoms. The van der Waals surface area contributed by atoms with Crippen LogP contribution in [0.5, 0.6) is 5.75 Å². The van der Waals surface area contributed by atoms with E-state index in [1.165, 1.54) is 68.9 Å². The maximum atomic E-state index is 13.2. The lowest BCUT2D eigenvalue weighted by molar-refractivity contribution is -0.906. The van der Waals surface area contributed by atoms with E-state index in [0.29, 0.717) is 6.42 Å². The summed E-state index contributed by atoms with van der Waals surface area (Å²) in [6, 6.07) is 18.8. The fourth-order valence-corrected chi connectivity index (χ4v) is 5.28. The van der Waals surface area contributed by atoms with Gasteiger partial charge in [0.1, 0.15) is 18.2 Å². The topological polar surface area (TPSA) is 35.5 Å². The molecule has 0 fully saturated rings. The van der Waals surface area contributed by atoms with Gasteiger partial charge in [0.2, 0.25) is 6.29 Å². The summed E-state index contributed by atoms with van der Waals surface area (Å²) in [5.74, 6) is 0.480. The summed E-state index contributed by atoms with van der Waals surface area (Å²) in [4.78, 5) is 13.2. The minimum absolute atomic E-state index is 0.152. The average molecular weight is 539 g/mol. The molecule has 0 aliphatic heterocycles. The first-order valence-corrected chi connectivity index (χ1v) is 15.7. The van der Waals surface area contributed by atoms with Gasteiger partial charge in [-0.05, 0) is 43.4 Å². The van der Waals surface area contributed by atoms with Crippen molar-refractivity contribution in [3.05, 3.63) is 65.7 Å². The largest absolute Gasteiger partial charge is 0.455 e. The van der Waals surface area contributed by atoms with E-state index in [0.717, 1.165) is 42.6 Å². The SMILES string of the molecule is CCCCCCCCCCCc1cccc(OC(CCC)OC(=O)C(CC)C[N+](C)(C)Cc2ccccc2)c1. The zero-order valence-electron chi connectivity index (χ0n) is 25.6. The van der Waals surface area contributed by atoms with Crippen LogP contribution in [0.1, 0.15) is 109 Å². The van der Waals surface area contributed by atoms with Crippen LogP contribution in [0.2, 0.25) is 0 Å². The second kappa shape index (κ2) is 18.9. The summed E-state index contributed by atoms with van der Waals surface area (Å²) in [5, 5.41) is 0. The summed E-state index contributed by atoms with van der Waals surface area (Å²) in [6.45, 7) is 8.05. The number of carbonyl (C=O) groups excluding carboxylic acids is 1. The van der Waals surface area contributed by atoms with Crippen molar-refractivity contribution in [2.45, 2.75) is 117 Å². The molecule has 0 bridgehead atoms. The summed E-state index contributed by atoms with van der Waals surface area (Å²) in [7, 11) is 4.37. The fourth-order valence-electron chi connectivity index (χ4n) is 5.28. The quantitative estimate of drug-likeness (QED) is 0.0688. The third kappa shape index (κ3) is 14.0. The lowest BCUT2D eigenvalue weighted by Gasteiger charge is -2.33. The molecule has 0 heterocycles. The van der Waals surface area contributed by atoms with Crippen LogP contribution in [-0.2, 0) is 22.5 Å². The minimum Gasteiger partial charge on any atom is -0.455 e. The smallest absolute Gasteiger partial charge is 0.317 e. The van der Waals surface area contributed by atoms with Gasteiger partial charge in [-0.2, -0.15) is 0 Å². The maximum Gasteiger partial charge on any atom is 0.317 e. The van der Waals surface area contributed by atoms with Crippen LogP contribution in [0, 0.1) is 5.92 Å². The number of ether oxygens (including phenoxy) is 2. The van der Waals surface area contributed by atoms with Gasteiger partial charge in [0, 0.05) is 12.0 Å². The molecule has 2 rings (SSSR count). The first kappa shape index (κ1) is 32.9. The number of hydrogen-bond donors (Lipinski definition) is 0. The molecule has 218 valence electrons. The van der Waals surface area contributed by atoms with Crippen molar-refractivity contribution in [1.29, 1.82) is 0 Å². The zero-order chi connectivity index (χ0) is 28.3. The first-order valence-electron chi connectivity index (χ1n) is 15.7. The molecule has 2 atom stereocenters. The number of nitrogens with zero attached hydrogens (tertiary/aromatic N) is 1. The van der Waals surface area contributed by atoms with Gasteiger partial charge in [0.05, 0.1) is 20.6 Å². The van der Waals surface area contributed by atoms with E-state index in [1.54, 1.807) is 0 Å². The van der Waals surface area contributed by atoms with Crippen molar-refractivity contribution in [3.8, 4) is 5.75 Å². The number of benzene rings is 2. The minimum atomic E-state index is -0.552. The Balaban J connectivity index is 1.84. The van der Waals surface area contributed by atoms with Crippen LogP contribution in [0.3, 0.4) is 0 Å². The zero-order valence-corrected chi connectivity index (χ0v) is 25.6. The molecule has 0 amide bonds. The molecule has 0 saturated heterocycles. The van der Waals surface area contributed by atoms with Crippen LogP contribution in [0.25, 0.3) is 0 Å². The van der Waals surface area contributed by atoms with Crippen molar-refractivity contribution < 1.29 is 18.8 Å². The molecule has 0 spiro atoms. The summed E-state index contributed by atoms with van der Waals surface area (Å²) >= 11 is 0. The second-order valence-electron chi connectivity index (χ2n) is 11.9. The van der Waals surface area contributed by atoms with Crippen LogP contribution in [-0.4, -0.2) is 37.4 Å². The highest BCUT2D eigenvalue weighted by molar-refractivity contribution is 5.72. The summed E-state index contributed by atoms with van der Waals surface area (Å²) < 4.78 is 12.9. The molecule has 0 radical (unpaired) electrons. The molecular weight excluding hydrogens is 482 g/mol. The third-order valence-corrected chi connectivity index (χ3v) is 7.50. The maximum absolute atomic E-state index is 13.2. The van der Waals surface area contributed by atoms with Gasteiger partial charge in [0.15, 0.2) is 0 Å². The predicted octanol–water partition coefficient (Wildman–Crippen LogP) is 9.11. The van der Waals surface area contributed by atoms with E-state index >= 15 is 0 Å². The van der Waals surface area contributed by atoms with E-state index in [-0.39, 0.29) is 11.9 Å². The molecule has 2 aromatic carbocycles. The molecule has 4 heteroatoms. The Morgan fingerprint density at radius 1 is 0.769 bits per heavy atom. The van der Waals surface area contributed by atoms with Crippen molar-refractivity contribution in [2.24, 2.45) is 5.92 Å². The Kier molecular flexibility index (Phi) is 15.9. The first-order chi connectivity index (χ1) is 18.9. The lowest BCUT2D eigenvalue weighted by Crippen LogP contribution is -2.45. The van der Waals surface area contributed by atoms with E-state index in [9.17, 15) is 4.79 Å². The average Bonchev–Trinajstić information content (AvgIpc) is 2.91. The van der Waals surface area contributed by atoms with Gasteiger partial charge in [-0.3, -0.25) is 4.79 Å². The highest BCUT2D eigenvalue weighted by Gasteiger charge is 2.30. The molecular formula is C35H56NO3+. The monoisotopic (exact) mass is 538 g/mol. The second-order valence-corrected chi connectivity index (χ2v) is 11.9. The van der Waals surface area contributed by atoms with Gasteiger partial charge in [-0.15, -0.1) is 0 Å². The van der Waals surface area contributed by atoms with Gasteiger partial charge >= 0.3 is 5.97 Å². The molecule has 0 saturated carbocycles. The highest BCUT2D eigenvalue weighted by atomic mass is 16.7. The Morgan fingerprint density at radius 3 is 2.05 bits per heavy atom. The molecule has 2 aromatic rings. The Labute approximate surface area is 239 Å². The number of quaternary nitrogens is 1. The number of aryl methyl sites for hydroxylation is 1. The van der Waals surface area contributed by atoms with Crippen molar-refractivity contribution >= 4 is 5.97 Å². The summed E-state index contributed by atoms with van der Waals surface area (Å²) in [6.07, 6.45) is 14.9. The van der Waals surface area contributed by atoms with E-state index in [2.05, 4.69) is 77.3 Å². The van der Waals surface area contributed by atoms with E-state index < -0.39 is 6.29 Å². The molecule has 0 aromatic heterocycles. The molecule has 2 unspecified atom stereocenters. The van der Waals surface area contributed by atoms with Crippen LogP contribution in [0.15, 0.2) is 54.6 Å². The Bertz CT molecular complexity index is 911. The predicted molar refractivity (Wildman–Crippen MR) is 164 cm³/mol. The van der Waals surface area contributed by atoms with Crippen molar-refractivity contribution in [1.82, 2.24) is 0 Å².